The lowest BCUT2D eigenvalue weighted by molar-refractivity contribution is 0.0733. The zero-order chi connectivity index (χ0) is 13.0. The molecule has 2 rings (SSSR count). The summed E-state index contributed by atoms with van der Waals surface area (Å²) in [6.07, 6.45) is 0.733. The van der Waals surface area contributed by atoms with E-state index in [1.165, 1.54) is 0 Å². The van der Waals surface area contributed by atoms with Gasteiger partial charge in [-0.2, -0.15) is 0 Å². The molecule has 18 heavy (non-hydrogen) atoms. The van der Waals surface area contributed by atoms with Crippen LogP contribution in [0.1, 0.15) is 26.3 Å². The molecule has 2 aromatic rings. The highest BCUT2D eigenvalue weighted by Gasteiger charge is 2.09. The minimum atomic E-state index is -0.429. The zero-order valence-corrected chi connectivity index (χ0v) is 9.92. The Balaban J connectivity index is 2.17. The number of hydrogen-bond acceptors (Lipinski definition) is 3. The molecule has 0 fully saturated rings. The van der Waals surface area contributed by atoms with Gasteiger partial charge in [-0.15, -0.1) is 0 Å². The standard InChI is InChI=1S/C15H12O3/c1-11-4-2-3-5-14(11)18-15(17)13-8-6-12(10-16)7-9-13/h2-10H,1H3. The van der Waals surface area contributed by atoms with Crippen molar-refractivity contribution in [3.8, 4) is 5.75 Å². The molecule has 3 nitrogen and oxygen atoms in total. The summed E-state index contributed by atoms with van der Waals surface area (Å²) < 4.78 is 5.28. The summed E-state index contributed by atoms with van der Waals surface area (Å²) in [5.41, 5.74) is 1.85. The van der Waals surface area contributed by atoms with Crippen molar-refractivity contribution in [2.45, 2.75) is 6.92 Å². The first-order valence-corrected chi connectivity index (χ1v) is 5.54. The van der Waals surface area contributed by atoms with E-state index in [9.17, 15) is 9.59 Å². The molecule has 0 aliphatic rings. The summed E-state index contributed by atoms with van der Waals surface area (Å²) in [7, 11) is 0. The first kappa shape index (κ1) is 12.0. The molecule has 0 bridgehead atoms. The van der Waals surface area contributed by atoms with Gasteiger partial charge in [0.15, 0.2) is 0 Å². The normalized spacial score (nSPS) is 9.83. The number of ether oxygens (including phenoxy) is 1. The lowest BCUT2D eigenvalue weighted by atomic mass is 10.1. The predicted molar refractivity (Wildman–Crippen MR) is 68.0 cm³/mol. The molecule has 0 saturated carbocycles. The van der Waals surface area contributed by atoms with Crippen LogP contribution in [0.15, 0.2) is 48.5 Å². The molecule has 0 aliphatic heterocycles. The Morgan fingerprint density at radius 2 is 1.72 bits per heavy atom. The van der Waals surface area contributed by atoms with Gasteiger partial charge in [-0.05, 0) is 30.7 Å². The second-order valence-corrected chi connectivity index (χ2v) is 3.89. The van der Waals surface area contributed by atoms with Crippen LogP contribution in [0.2, 0.25) is 0 Å². The van der Waals surface area contributed by atoms with Gasteiger partial charge in [0, 0.05) is 5.56 Å². The van der Waals surface area contributed by atoms with Crippen LogP contribution < -0.4 is 4.74 Å². The lowest BCUT2D eigenvalue weighted by Crippen LogP contribution is -2.09. The first-order chi connectivity index (χ1) is 8.70. The van der Waals surface area contributed by atoms with E-state index in [2.05, 4.69) is 0 Å². The highest BCUT2D eigenvalue weighted by atomic mass is 16.5. The van der Waals surface area contributed by atoms with Gasteiger partial charge in [-0.25, -0.2) is 4.79 Å². The van der Waals surface area contributed by atoms with Gasteiger partial charge in [-0.3, -0.25) is 4.79 Å². The van der Waals surface area contributed by atoms with Crippen molar-refractivity contribution in [2.75, 3.05) is 0 Å². The Morgan fingerprint density at radius 1 is 1.06 bits per heavy atom. The fourth-order valence-corrected chi connectivity index (χ4v) is 1.53. The van der Waals surface area contributed by atoms with E-state index < -0.39 is 5.97 Å². The van der Waals surface area contributed by atoms with Crippen LogP contribution in [0.5, 0.6) is 5.75 Å². The molecule has 0 aromatic heterocycles. The quantitative estimate of drug-likeness (QED) is 0.470. The van der Waals surface area contributed by atoms with Crippen LogP contribution in [0, 0.1) is 6.92 Å². The topological polar surface area (TPSA) is 43.4 Å². The minimum absolute atomic E-state index is 0.420. The number of aldehydes is 1. The summed E-state index contributed by atoms with van der Waals surface area (Å²) in [5.74, 6) is 0.115. The summed E-state index contributed by atoms with van der Waals surface area (Å²) in [4.78, 5) is 22.4. The summed E-state index contributed by atoms with van der Waals surface area (Å²) in [5, 5.41) is 0. The van der Waals surface area contributed by atoms with Crippen molar-refractivity contribution in [2.24, 2.45) is 0 Å². The number of para-hydroxylation sites is 1. The van der Waals surface area contributed by atoms with Gasteiger partial charge in [0.05, 0.1) is 5.56 Å². The van der Waals surface area contributed by atoms with Gasteiger partial charge in [-0.1, -0.05) is 30.3 Å². The van der Waals surface area contributed by atoms with E-state index in [0.29, 0.717) is 16.9 Å². The van der Waals surface area contributed by atoms with Gasteiger partial charge in [0.1, 0.15) is 12.0 Å². The summed E-state index contributed by atoms with van der Waals surface area (Å²) >= 11 is 0. The van der Waals surface area contributed by atoms with E-state index in [4.69, 9.17) is 4.74 Å². The molecule has 2 aromatic carbocycles. The van der Waals surface area contributed by atoms with Crippen LogP contribution in [0.25, 0.3) is 0 Å². The van der Waals surface area contributed by atoms with E-state index in [1.807, 2.05) is 25.1 Å². The highest BCUT2D eigenvalue weighted by Crippen LogP contribution is 2.18. The maximum atomic E-state index is 11.9. The Labute approximate surface area is 105 Å². The van der Waals surface area contributed by atoms with Crippen molar-refractivity contribution in [3.05, 3.63) is 65.2 Å². The molecule has 0 amide bonds. The molecular weight excluding hydrogens is 228 g/mol. The van der Waals surface area contributed by atoms with Crippen LogP contribution in [-0.2, 0) is 0 Å². The van der Waals surface area contributed by atoms with Crippen molar-refractivity contribution < 1.29 is 14.3 Å². The second-order valence-electron chi connectivity index (χ2n) is 3.89. The van der Waals surface area contributed by atoms with Crippen molar-refractivity contribution in [1.82, 2.24) is 0 Å². The third-order valence-electron chi connectivity index (χ3n) is 2.58. The molecule has 0 atom stereocenters. The van der Waals surface area contributed by atoms with Gasteiger partial charge in [0.2, 0.25) is 0 Å². The molecule has 0 spiro atoms. The minimum Gasteiger partial charge on any atom is -0.423 e. The largest absolute Gasteiger partial charge is 0.423 e. The van der Waals surface area contributed by atoms with Crippen LogP contribution in [-0.4, -0.2) is 12.3 Å². The Morgan fingerprint density at radius 3 is 2.33 bits per heavy atom. The summed E-state index contributed by atoms with van der Waals surface area (Å²) in [6.45, 7) is 1.87. The number of carbonyl (C=O) groups excluding carboxylic acids is 2. The van der Waals surface area contributed by atoms with Gasteiger partial charge < -0.3 is 4.74 Å². The average Bonchev–Trinajstić information content (AvgIpc) is 2.41. The van der Waals surface area contributed by atoms with Crippen molar-refractivity contribution >= 4 is 12.3 Å². The number of aryl methyl sites for hydroxylation is 1. The molecular formula is C15H12O3. The highest BCUT2D eigenvalue weighted by molar-refractivity contribution is 5.92. The number of rotatable bonds is 3. The number of carbonyl (C=O) groups is 2. The maximum Gasteiger partial charge on any atom is 0.343 e. The average molecular weight is 240 g/mol. The number of benzene rings is 2. The van der Waals surface area contributed by atoms with Crippen LogP contribution in [0.4, 0.5) is 0 Å². The number of esters is 1. The van der Waals surface area contributed by atoms with Crippen LogP contribution >= 0.6 is 0 Å². The predicted octanol–water partition coefficient (Wildman–Crippen LogP) is 3.03. The third-order valence-corrected chi connectivity index (χ3v) is 2.58. The fraction of sp³-hybridized carbons (Fsp3) is 0.0667. The molecule has 0 heterocycles. The molecule has 3 heteroatoms. The molecule has 90 valence electrons. The second kappa shape index (κ2) is 5.27. The smallest absolute Gasteiger partial charge is 0.343 e. The van der Waals surface area contributed by atoms with Crippen molar-refractivity contribution in [3.63, 3.8) is 0 Å². The number of hydrogen-bond donors (Lipinski definition) is 0. The van der Waals surface area contributed by atoms with E-state index in [-0.39, 0.29) is 0 Å². The monoisotopic (exact) mass is 240 g/mol. The first-order valence-electron chi connectivity index (χ1n) is 5.54. The van der Waals surface area contributed by atoms with Crippen molar-refractivity contribution in [1.29, 1.82) is 0 Å². The molecule has 0 saturated heterocycles. The third kappa shape index (κ3) is 2.63. The Hall–Kier alpha value is -2.42. The molecule has 0 unspecified atom stereocenters. The Bertz CT molecular complexity index is 571. The molecule has 0 radical (unpaired) electrons. The van der Waals surface area contributed by atoms with E-state index in [0.717, 1.165) is 11.8 Å². The Kier molecular flexibility index (Phi) is 3.53. The fourth-order valence-electron chi connectivity index (χ4n) is 1.53. The lowest BCUT2D eigenvalue weighted by Gasteiger charge is -2.06. The van der Waals surface area contributed by atoms with Gasteiger partial charge >= 0.3 is 5.97 Å². The van der Waals surface area contributed by atoms with Gasteiger partial charge in [0.25, 0.3) is 0 Å². The van der Waals surface area contributed by atoms with Crippen LogP contribution in [0.3, 0.4) is 0 Å². The molecule has 0 N–H and O–H groups in total. The zero-order valence-electron chi connectivity index (χ0n) is 9.92. The van der Waals surface area contributed by atoms with E-state index in [1.54, 1.807) is 30.3 Å². The maximum absolute atomic E-state index is 11.9. The van der Waals surface area contributed by atoms with E-state index >= 15 is 0 Å². The SMILES string of the molecule is Cc1ccccc1OC(=O)c1ccc(C=O)cc1. The summed E-state index contributed by atoms with van der Waals surface area (Å²) in [6, 6.07) is 13.6. The molecule has 0 aliphatic carbocycles.